The quantitative estimate of drug-likeness (QED) is 0.768. The van der Waals surface area contributed by atoms with Gasteiger partial charge in [-0.2, -0.15) is 0 Å². The van der Waals surface area contributed by atoms with E-state index >= 15 is 0 Å². The summed E-state index contributed by atoms with van der Waals surface area (Å²) in [5.74, 6) is 0.440. The number of pyridine rings is 1. The van der Waals surface area contributed by atoms with Crippen LogP contribution in [0.5, 0.6) is 0 Å². The molecule has 0 aliphatic rings. The van der Waals surface area contributed by atoms with Crippen LogP contribution in [0.4, 0.5) is 0 Å². The molecule has 0 aliphatic carbocycles. The molecule has 2 heterocycles. The number of aromatic nitrogens is 3. The molecule has 5 nitrogen and oxygen atoms in total. The van der Waals surface area contributed by atoms with E-state index in [2.05, 4.69) is 38.3 Å². The lowest BCUT2D eigenvalue weighted by Gasteiger charge is -1.98. The monoisotopic (exact) mass is 237 g/mol. The van der Waals surface area contributed by atoms with Crippen LogP contribution in [0.3, 0.4) is 0 Å². The normalized spacial score (nSPS) is 10.4. The average Bonchev–Trinajstić information content (AvgIpc) is 2.46. The summed E-state index contributed by atoms with van der Waals surface area (Å²) in [6.45, 7) is 7.53. The second kappa shape index (κ2) is 5.58. The fourth-order valence-corrected chi connectivity index (χ4v) is 1.20. The molecular formula is C13H11N5. The van der Waals surface area contributed by atoms with E-state index in [1.165, 1.54) is 0 Å². The van der Waals surface area contributed by atoms with Crippen LogP contribution in [0.2, 0.25) is 0 Å². The summed E-state index contributed by atoms with van der Waals surface area (Å²) in [6, 6.07) is 7.21. The SMILES string of the molecule is C=C(N=NC(=C)c1ncccn1)c1ccccn1. The first-order chi connectivity index (χ1) is 8.77. The van der Waals surface area contributed by atoms with Crippen LogP contribution >= 0.6 is 0 Å². The van der Waals surface area contributed by atoms with Crippen molar-refractivity contribution in [2.45, 2.75) is 0 Å². The number of azo groups is 1. The number of hydrogen-bond donors (Lipinski definition) is 0. The zero-order chi connectivity index (χ0) is 12.8. The molecule has 0 atom stereocenters. The van der Waals surface area contributed by atoms with Crippen LogP contribution in [0.1, 0.15) is 11.5 Å². The summed E-state index contributed by atoms with van der Waals surface area (Å²) in [7, 11) is 0. The molecule has 0 aromatic carbocycles. The summed E-state index contributed by atoms with van der Waals surface area (Å²) in [5.41, 5.74) is 1.52. The highest BCUT2D eigenvalue weighted by atomic mass is 15.1. The fourth-order valence-electron chi connectivity index (χ4n) is 1.20. The third kappa shape index (κ3) is 2.91. The van der Waals surface area contributed by atoms with E-state index in [0.29, 0.717) is 22.9 Å². The van der Waals surface area contributed by atoms with Gasteiger partial charge in [-0.05, 0) is 18.2 Å². The smallest absolute Gasteiger partial charge is 0.179 e. The van der Waals surface area contributed by atoms with E-state index in [1.807, 2.05) is 18.2 Å². The topological polar surface area (TPSA) is 63.4 Å². The van der Waals surface area contributed by atoms with Crippen LogP contribution in [0, 0.1) is 0 Å². The molecule has 88 valence electrons. The Labute approximate surface area is 105 Å². The van der Waals surface area contributed by atoms with Gasteiger partial charge >= 0.3 is 0 Å². The summed E-state index contributed by atoms with van der Waals surface area (Å²) >= 11 is 0. The van der Waals surface area contributed by atoms with E-state index in [1.54, 1.807) is 24.7 Å². The van der Waals surface area contributed by atoms with Crippen molar-refractivity contribution in [3.05, 3.63) is 67.5 Å². The van der Waals surface area contributed by atoms with Crippen LogP contribution in [0.25, 0.3) is 11.4 Å². The van der Waals surface area contributed by atoms with Crippen molar-refractivity contribution in [2.75, 3.05) is 0 Å². The summed E-state index contributed by atoms with van der Waals surface area (Å²) in [4.78, 5) is 12.2. The maximum atomic E-state index is 4.12. The van der Waals surface area contributed by atoms with Gasteiger partial charge < -0.3 is 0 Å². The highest BCUT2D eigenvalue weighted by Gasteiger charge is 2.01. The molecule has 0 radical (unpaired) electrons. The maximum absolute atomic E-state index is 4.12. The highest BCUT2D eigenvalue weighted by Crippen LogP contribution is 2.14. The molecule has 0 aliphatic heterocycles. The van der Waals surface area contributed by atoms with Gasteiger partial charge in [-0.1, -0.05) is 19.2 Å². The Hall–Kier alpha value is -2.69. The maximum Gasteiger partial charge on any atom is 0.179 e. The Morgan fingerprint density at radius 2 is 1.50 bits per heavy atom. The molecule has 2 aromatic rings. The fraction of sp³-hybridized carbons (Fsp3) is 0. The van der Waals surface area contributed by atoms with Gasteiger partial charge in [-0.3, -0.25) is 4.98 Å². The van der Waals surface area contributed by atoms with E-state index in [0.717, 1.165) is 0 Å². The lowest BCUT2D eigenvalue weighted by molar-refractivity contribution is 1.08. The van der Waals surface area contributed by atoms with Crippen molar-refractivity contribution < 1.29 is 0 Å². The Morgan fingerprint density at radius 1 is 0.833 bits per heavy atom. The molecular weight excluding hydrogens is 226 g/mol. The van der Waals surface area contributed by atoms with Gasteiger partial charge in [0.1, 0.15) is 11.4 Å². The number of hydrogen-bond acceptors (Lipinski definition) is 5. The van der Waals surface area contributed by atoms with E-state index in [-0.39, 0.29) is 0 Å². The van der Waals surface area contributed by atoms with Crippen molar-refractivity contribution in [2.24, 2.45) is 10.2 Å². The van der Waals surface area contributed by atoms with Crippen molar-refractivity contribution >= 4 is 11.4 Å². The molecule has 0 saturated carbocycles. The van der Waals surface area contributed by atoms with Crippen LogP contribution < -0.4 is 0 Å². The van der Waals surface area contributed by atoms with Crippen molar-refractivity contribution in [1.29, 1.82) is 0 Å². The van der Waals surface area contributed by atoms with Gasteiger partial charge in [0.2, 0.25) is 0 Å². The zero-order valence-electron chi connectivity index (χ0n) is 9.69. The summed E-state index contributed by atoms with van der Waals surface area (Å²) < 4.78 is 0. The van der Waals surface area contributed by atoms with Crippen LogP contribution in [-0.2, 0) is 0 Å². The molecule has 0 bridgehead atoms. The Balaban J connectivity index is 2.08. The average molecular weight is 237 g/mol. The van der Waals surface area contributed by atoms with Crippen molar-refractivity contribution in [1.82, 2.24) is 15.0 Å². The molecule has 18 heavy (non-hydrogen) atoms. The minimum absolute atomic E-state index is 0.382. The molecule has 0 N–H and O–H groups in total. The van der Waals surface area contributed by atoms with Crippen LogP contribution in [-0.4, -0.2) is 15.0 Å². The summed E-state index contributed by atoms with van der Waals surface area (Å²) in [5, 5.41) is 7.90. The van der Waals surface area contributed by atoms with Crippen molar-refractivity contribution in [3.8, 4) is 0 Å². The molecule has 2 aromatic heterocycles. The molecule has 0 fully saturated rings. The number of rotatable bonds is 4. The Kier molecular flexibility index (Phi) is 3.66. The first kappa shape index (κ1) is 11.8. The predicted octanol–water partition coefficient (Wildman–Crippen LogP) is 2.97. The van der Waals surface area contributed by atoms with Gasteiger partial charge in [-0.15, -0.1) is 10.2 Å². The minimum atomic E-state index is 0.382. The largest absolute Gasteiger partial charge is 0.255 e. The van der Waals surface area contributed by atoms with Gasteiger partial charge in [0.05, 0.1) is 5.69 Å². The van der Waals surface area contributed by atoms with Crippen molar-refractivity contribution in [3.63, 3.8) is 0 Å². The van der Waals surface area contributed by atoms with E-state index in [4.69, 9.17) is 0 Å². The molecule has 2 rings (SSSR count). The first-order valence-electron chi connectivity index (χ1n) is 5.26. The lowest BCUT2D eigenvalue weighted by Crippen LogP contribution is -1.89. The minimum Gasteiger partial charge on any atom is -0.255 e. The molecule has 0 amide bonds. The zero-order valence-corrected chi connectivity index (χ0v) is 9.69. The van der Waals surface area contributed by atoms with Gasteiger partial charge in [0.25, 0.3) is 0 Å². The van der Waals surface area contributed by atoms with Gasteiger partial charge in [-0.25, -0.2) is 9.97 Å². The standard InChI is InChI=1S/C13H11N5/c1-10(12-6-3-4-7-14-12)17-18-11(2)13-15-8-5-9-16-13/h3-9H,1-2H2. The third-order valence-electron chi connectivity index (χ3n) is 2.08. The number of nitrogens with zero attached hydrogens (tertiary/aromatic N) is 5. The molecule has 0 spiro atoms. The summed E-state index contributed by atoms with van der Waals surface area (Å²) in [6.07, 6.45) is 4.92. The molecule has 5 heteroatoms. The second-order valence-electron chi connectivity index (χ2n) is 3.38. The van der Waals surface area contributed by atoms with Gasteiger partial charge in [0, 0.05) is 18.6 Å². The molecule has 0 unspecified atom stereocenters. The predicted molar refractivity (Wildman–Crippen MR) is 69.2 cm³/mol. The van der Waals surface area contributed by atoms with Crippen LogP contribution in [0.15, 0.2) is 66.2 Å². The highest BCUT2D eigenvalue weighted by molar-refractivity contribution is 5.60. The third-order valence-corrected chi connectivity index (χ3v) is 2.08. The van der Waals surface area contributed by atoms with E-state index in [9.17, 15) is 0 Å². The Bertz CT molecular complexity index is 521. The second-order valence-corrected chi connectivity index (χ2v) is 3.38. The lowest BCUT2D eigenvalue weighted by atomic mass is 10.3. The van der Waals surface area contributed by atoms with E-state index < -0.39 is 0 Å². The molecule has 0 saturated heterocycles. The first-order valence-corrected chi connectivity index (χ1v) is 5.26. The van der Waals surface area contributed by atoms with Gasteiger partial charge in [0.15, 0.2) is 5.82 Å². The Morgan fingerprint density at radius 3 is 2.17 bits per heavy atom.